The molecule has 21 heavy (non-hydrogen) atoms. The van der Waals surface area contributed by atoms with Gasteiger partial charge in [-0.3, -0.25) is 0 Å². The van der Waals surface area contributed by atoms with Crippen molar-refractivity contribution in [2.24, 2.45) is 5.92 Å². The highest BCUT2D eigenvalue weighted by atomic mass is 35.5. The molecule has 0 spiro atoms. The Morgan fingerprint density at radius 3 is 2.86 bits per heavy atom. The number of aryl methyl sites for hydroxylation is 1. The molecule has 1 aliphatic rings. The molecule has 1 aromatic carbocycles. The first-order chi connectivity index (χ1) is 10.2. The third-order valence-electron chi connectivity index (χ3n) is 4.22. The SMILES string of the molecule is CCC1CCCCC1Oc1ccc(C)cc1C#CCCCl. The highest BCUT2D eigenvalue weighted by Gasteiger charge is 2.25. The summed E-state index contributed by atoms with van der Waals surface area (Å²) in [5, 5.41) is 0. The van der Waals surface area contributed by atoms with E-state index >= 15 is 0 Å². The zero-order valence-corrected chi connectivity index (χ0v) is 13.9. The molecule has 1 aromatic rings. The summed E-state index contributed by atoms with van der Waals surface area (Å²) in [6, 6.07) is 6.29. The Morgan fingerprint density at radius 1 is 1.29 bits per heavy atom. The normalized spacial score (nSPS) is 21.5. The maximum atomic E-state index is 6.34. The largest absolute Gasteiger partial charge is 0.489 e. The molecule has 0 radical (unpaired) electrons. The highest BCUT2D eigenvalue weighted by molar-refractivity contribution is 6.18. The van der Waals surface area contributed by atoms with E-state index in [0.29, 0.717) is 17.9 Å². The van der Waals surface area contributed by atoms with Gasteiger partial charge < -0.3 is 4.74 Å². The minimum Gasteiger partial charge on any atom is -0.489 e. The monoisotopic (exact) mass is 304 g/mol. The van der Waals surface area contributed by atoms with Crippen LogP contribution in [0.15, 0.2) is 18.2 Å². The number of hydrogen-bond acceptors (Lipinski definition) is 1. The van der Waals surface area contributed by atoms with Crippen molar-refractivity contribution in [2.45, 2.75) is 58.5 Å². The summed E-state index contributed by atoms with van der Waals surface area (Å²) < 4.78 is 6.34. The minimum atomic E-state index is 0.347. The Hall–Kier alpha value is -1.13. The summed E-state index contributed by atoms with van der Waals surface area (Å²) in [4.78, 5) is 0. The quantitative estimate of drug-likeness (QED) is 0.540. The Bertz CT molecular complexity index is 512. The molecule has 0 N–H and O–H groups in total. The van der Waals surface area contributed by atoms with Gasteiger partial charge in [0.15, 0.2) is 0 Å². The Morgan fingerprint density at radius 2 is 2.10 bits per heavy atom. The fourth-order valence-corrected chi connectivity index (χ4v) is 3.10. The maximum Gasteiger partial charge on any atom is 0.135 e. The molecule has 0 saturated heterocycles. The summed E-state index contributed by atoms with van der Waals surface area (Å²) in [6.45, 7) is 4.36. The van der Waals surface area contributed by atoms with Crippen molar-refractivity contribution in [1.82, 2.24) is 0 Å². The average Bonchev–Trinajstić information content (AvgIpc) is 2.50. The summed E-state index contributed by atoms with van der Waals surface area (Å²) in [7, 11) is 0. The second kappa shape index (κ2) is 8.35. The molecule has 2 rings (SSSR count). The smallest absolute Gasteiger partial charge is 0.135 e. The van der Waals surface area contributed by atoms with Crippen molar-refractivity contribution in [3.05, 3.63) is 29.3 Å². The minimum absolute atomic E-state index is 0.347. The van der Waals surface area contributed by atoms with Gasteiger partial charge in [-0.05, 0) is 56.2 Å². The molecule has 1 aliphatic carbocycles. The van der Waals surface area contributed by atoms with E-state index in [-0.39, 0.29) is 0 Å². The number of halogens is 1. The van der Waals surface area contributed by atoms with Crippen LogP contribution in [-0.4, -0.2) is 12.0 Å². The van der Waals surface area contributed by atoms with Gasteiger partial charge in [-0.2, -0.15) is 0 Å². The molecule has 0 heterocycles. The molecule has 2 heteroatoms. The van der Waals surface area contributed by atoms with Crippen LogP contribution in [0, 0.1) is 24.7 Å². The lowest BCUT2D eigenvalue weighted by Crippen LogP contribution is -2.30. The predicted octanol–water partition coefficient (Wildman–Crippen LogP) is 5.32. The van der Waals surface area contributed by atoms with Gasteiger partial charge in [-0.1, -0.05) is 31.3 Å². The number of rotatable bonds is 4. The first kappa shape index (κ1) is 16.2. The zero-order chi connectivity index (χ0) is 15.1. The van der Waals surface area contributed by atoms with E-state index in [2.05, 4.69) is 43.9 Å². The third-order valence-corrected chi connectivity index (χ3v) is 4.41. The zero-order valence-electron chi connectivity index (χ0n) is 13.1. The van der Waals surface area contributed by atoms with Crippen LogP contribution in [-0.2, 0) is 0 Å². The lowest BCUT2D eigenvalue weighted by atomic mass is 9.84. The Balaban J connectivity index is 2.16. The van der Waals surface area contributed by atoms with Crippen LogP contribution in [0.5, 0.6) is 5.75 Å². The molecular weight excluding hydrogens is 280 g/mol. The van der Waals surface area contributed by atoms with Crippen molar-refractivity contribution >= 4 is 11.6 Å². The van der Waals surface area contributed by atoms with E-state index in [1.54, 1.807) is 0 Å². The van der Waals surface area contributed by atoms with Crippen LogP contribution in [0.3, 0.4) is 0 Å². The van der Waals surface area contributed by atoms with Crippen LogP contribution in [0.1, 0.15) is 56.6 Å². The average molecular weight is 305 g/mol. The van der Waals surface area contributed by atoms with Crippen LogP contribution in [0.4, 0.5) is 0 Å². The molecule has 0 bridgehead atoms. The lowest BCUT2D eigenvalue weighted by molar-refractivity contribution is 0.0901. The standard InChI is InChI=1S/C19H25ClO/c1-3-16-8-4-5-10-18(16)21-19-12-11-15(2)14-17(19)9-6-7-13-20/h11-12,14,16,18H,3-5,7-8,10,13H2,1-2H3. The molecule has 1 nitrogen and oxygen atoms in total. The Labute approximate surface area is 134 Å². The third kappa shape index (κ3) is 4.68. The van der Waals surface area contributed by atoms with Gasteiger partial charge in [-0.25, -0.2) is 0 Å². The first-order valence-electron chi connectivity index (χ1n) is 8.06. The summed E-state index contributed by atoms with van der Waals surface area (Å²) in [6.07, 6.45) is 7.34. The second-order valence-corrected chi connectivity index (χ2v) is 6.23. The van der Waals surface area contributed by atoms with Crippen molar-refractivity contribution in [2.75, 3.05) is 5.88 Å². The number of alkyl halides is 1. The van der Waals surface area contributed by atoms with Crippen LogP contribution in [0.2, 0.25) is 0 Å². The molecule has 0 aliphatic heterocycles. The van der Waals surface area contributed by atoms with E-state index in [9.17, 15) is 0 Å². The van der Waals surface area contributed by atoms with E-state index < -0.39 is 0 Å². The molecule has 0 amide bonds. The van der Waals surface area contributed by atoms with Crippen LogP contribution in [0.25, 0.3) is 0 Å². The van der Waals surface area contributed by atoms with Gasteiger partial charge in [0.25, 0.3) is 0 Å². The fourth-order valence-electron chi connectivity index (χ4n) is 3.01. The van der Waals surface area contributed by atoms with E-state index in [1.807, 2.05) is 0 Å². The topological polar surface area (TPSA) is 9.23 Å². The van der Waals surface area contributed by atoms with Gasteiger partial charge in [0.05, 0.1) is 5.56 Å². The number of ether oxygens (including phenoxy) is 1. The van der Waals surface area contributed by atoms with Crippen molar-refractivity contribution in [1.29, 1.82) is 0 Å². The molecule has 114 valence electrons. The van der Waals surface area contributed by atoms with Gasteiger partial charge in [0, 0.05) is 12.3 Å². The molecular formula is C19H25ClO. The second-order valence-electron chi connectivity index (χ2n) is 5.85. The molecule has 2 unspecified atom stereocenters. The van der Waals surface area contributed by atoms with E-state index in [1.165, 1.54) is 37.7 Å². The Kier molecular flexibility index (Phi) is 6.46. The number of benzene rings is 1. The molecule has 2 atom stereocenters. The van der Waals surface area contributed by atoms with E-state index in [4.69, 9.17) is 16.3 Å². The number of hydrogen-bond donors (Lipinski definition) is 0. The van der Waals surface area contributed by atoms with Gasteiger partial charge >= 0.3 is 0 Å². The van der Waals surface area contributed by atoms with Crippen molar-refractivity contribution in [3.63, 3.8) is 0 Å². The molecule has 1 saturated carbocycles. The van der Waals surface area contributed by atoms with Gasteiger partial charge in [0.2, 0.25) is 0 Å². The molecule has 1 fully saturated rings. The van der Waals surface area contributed by atoms with Crippen molar-refractivity contribution < 1.29 is 4.74 Å². The molecule has 0 aromatic heterocycles. The van der Waals surface area contributed by atoms with Crippen molar-refractivity contribution in [3.8, 4) is 17.6 Å². The predicted molar refractivity (Wildman–Crippen MR) is 90.1 cm³/mol. The first-order valence-corrected chi connectivity index (χ1v) is 8.60. The van der Waals surface area contributed by atoms with Gasteiger partial charge in [-0.15, -0.1) is 11.6 Å². The summed E-state index contributed by atoms with van der Waals surface area (Å²) in [5.74, 6) is 8.54. The van der Waals surface area contributed by atoms with E-state index in [0.717, 1.165) is 17.7 Å². The van der Waals surface area contributed by atoms with Crippen LogP contribution >= 0.6 is 11.6 Å². The van der Waals surface area contributed by atoms with Crippen LogP contribution < -0.4 is 4.74 Å². The summed E-state index contributed by atoms with van der Waals surface area (Å²) >= 11 is 5.70. The summed E-state index contributed by atoms with van der Waals surface area (Å²) in [5.41, 5.74) is 2.22. The lowest BCUT2D eigenvalue weighted by Gasteiger charge is -2.31. The fraction of sp³-hybridized carbons (Fsp3) is 0.579. The highest BCUT2D eigenvalue weighted by Crippen LogP contribution is 2.31. The van der Waals surface area contributed by atoms with Gasteiger partial charge in [0.1, 0.15) is 11.9 Å². The maximum absolute atomic E-state index is 6.34.